The monoisotopic (exact) mass is 453 g/mol. The molecule has 1 saturated heterocycles. The van der Waals surface area contributed by atoms with Crippen LogP contribution in [0.15, 0.2) is 40.1 Å². The fourth-order valence-electron chi connectivity index (χ4n) is 4.35. The van der Waals surface area contributed by atoms with Crippen LogP contribution in [0, 0.1) is 5.82 Å². The van der Waals surface area contributed by atoms with Gasteiger partial charge in [-0.2, -0.15) is 0 Å². The number of aromatic nitrogens is 3. The number of ether oxygens (including phenoxy) is 1. The Morgan fingerprint density at radius 1 is 1.18 bits per heavy atom. The van der Waals surface area contributed by atoms with Crippen LogP contribution < -0.4 is 21.5 Å². The lowest BCUT2D eigenvalue weighted by molar-refractivity contribution is -0.00539. The molecule has 2 aliphatic rings. The zero-order chi connectivity index (χ0) is 23.3. The van der Waals surface area contributed by atoms with E-state index >= 15 is 0 Å². The summed E-state index contributed by atoms with van der Waals surface area (Å²) in [6.07, 6.45) is 2.99. The Morgan fingerprint density at radius 3 is 2.58 bits per heavy atom. The van der Waals surface area contributed by atoms with Crippen LogP contribution in [0.25, 0.3) is 11.0 Å². The molecule has 2 unspecified atom stereocenters. The van der Waals surface area contributed by atoms with E-state index in [0.29, 0.717) is 18.8 Å². The largest absolute Gasteiger partial charge is 0.372 e. The average molecular weight is 453 g/mol. The molecule has 33 heavy (non-hydrogen) atoms. The number of H-pyrrole nitrogens is 1. The molecule has 5 rings (SSSR count). The van der Waals surface area contributed by atoms with Crippen molar-refractivity contribution in [2.45, 2.75) is 44.9 Å². The molecule has 1 aromatic carbocycles. The Morgan fingerprint density at radius 2 is 1.91 bits per heavy atom. The van der Waals surface area contributed by atoms with Gasteiger partial charge in [0, 0.05) is 31.0 Å². The molecule has 3 aromatic rings. The van der Waals surface area contributed by atoms with Crippen LogP contribution in [-0.2, 0) is 4.74 Å². The highest BCUT2D eigenvalue weighted by molar-refractivity contribution is 6.05. The number of amides is 1. The molecule has 172 valence electrons. The van der Waals surface area contributed by atoms with Crippen molar-refractivity contribution in [3.63, 3.8) is 0 Å². The third-order valence-corrected chi connectivity index (χ3v) is 5.92. The van der Waals surface area contributed by atoms with Crippen LogP contribution in [0.5, 0.6) is 0 Å². The van der Waals surface area contributed by atoms with Crippen LogP contribution in [0.4, 0.5) is 15.8 Å². The summed E-state index contributed by atoms with van der Waals surface area (Å²) in [6, 6.07) is 5.95. The number of halogens is 1. The number of aromatic amines is 1. The number of hydrogen-bond acceptors (Lipinski definition) is 6. The van der Waals surface area contributed by atoms with Crippen molar-refractivity contribution in [1.29, 1.82) is 0 Å². The number of nitrogens with one attached hydrogen (secondary N) is 2. The van der Waals surface area contributed by atoms with Gasteiger partial charge in [0.25, 0.3) is 11.5 Å². The number of morpholine rings is 1. The van der Waals surface area contributed by atoms with Gasteiger partial charge in [-0.25, -0.2) is 14.2 Å². The molecule has 9 nitrogen and oxygen atoms in total. The number of nitrogens with zero attached hydrogens (tertiary/aromatic N) is 3. The first kappa shape index (κ1) is 21.3. The van der Waals surface area contributed by atoms with Crippen molar-refractivity contribution in [2.75, 3.05) is 23.3 Å². The predicted molar refractivity (Wildman–Crippen MR) is 121 cm³/mol. The molecule has 0 spiro atoms. The van der Waals surface area contributed by atoms with E-state index in [1.54, 1.807) is 12.1 Å². The minimum atomic E-state index is -0.599. The van der Waals surface area contributed by atoms with Gasteiger partial charge in [-0.3, -0.25) is 19.1 Å². The van der Waals surface area contributed by atoms with Gasteiger partial charge >= 0.3 is 5.69 Å². The number of pyridine rings is 1. The van der Waals surface area contributed by atoms with Crippen molar-refractivity contribution in [1.82, 2.24) is 14.5 Å². The first-order chi connectivity index (χ1) is 15.8. The molecule has 1 aliphatic carbocycles. The molecule has 3 heterocycles. The van der Waals surface area contributed by atoms with Gasteiger partial charge in [0.05, 0.1) is 28.8 Å². The maximum atomic E-state index is 14.8. The average Bonchev–Trinajstić information content (AvgIpc) is 3.58. The van der Waals surface area contributed by atoms with Gasteiger partial charge in [-0.15, -0.1) is 0 Å². The van der Waals surface area contributed by atoms with Crippen molar-refractivity contribution in [3.05, 3.63) is 62.7 Å². The molecule has 2 aromatic heterocycles. The zero-order valence-corrected chi connectivity index (χ0v) is 18.3. The first-order valence-corrected chi connectivity index (χ1v) is 11.0. The normalized spacial score (nSPS) is 20.8. The Bertz CT molecular complexity index is 1350. The summed E-state index contributed by atoms with van der Waals surface area (Å²) in [7, 11) is 0. The molecule has 2 atom stereocenters. The highest BCUT2D eigenvalue weighted by Gasteiger charge is 2.28. The zero-order valence-electron chi connectivity index (χ0n) is 18.3. The topological polar surface area (TPSA) is 109 Å². The second kappa shape index (κ2) is 8.11. The van der Waals surface area contributed by atoms with E-state index in [1.165, 1.54) is 22.9 Å². The fraction of sp³-hybridized carbons (Fsp3) is 0.391. The van der Waals surface area contributed by atoms with Crippen molar-refractivity contribution in [2.24, 2.45) is 0 Å². The number of hydrogen-bond donors (Lipinski definition) is 2. The molecule has 0 bridgehead atoms. The van der Waals surface area contributed by atoms with Crippen LogP contribution >= 0.6 is 0 Å². The molecular weight excluding hydrogens is 429 g/mol. The highest BCUT2D eigenvalue weighted by Crippen LogP contribution is 2.34. The molecular formula is C23H24FN5O4. The molecule has 2 fully saturated rings. The standard InChI is InChI=1S/C23H24FN5O4/c1-12-10-28(11-13(2)33-12)19-6-3-15(8-18(19)24)26-21(30)14-7-17-20(25-9-14)29(16-4-5-16)23(32)27-22(17)31/h3,6-9,12-13,16H,4-5,10-11H2,1-2H3,(H,26,30)(H,27,31,32). The van der Waals surface area contributed by atoms with E-state index in [-0.39, 0.29) is 40.5 Å². The number of rotatable bonds is 4. The highest BCUT2D eigenvalue weighted by atomic mass is 19.1. The van der Waals surface area contributed by atoms with Gasteiger partial charge < -0.3 is 15.0 Å². The number of carbonyl (C=O) groups is 1. The smallest absolute Gasteiger partial charge is 0.330 e. The first-order valence-electron chi connectivity index (χ1n) is 11.0. The van der Waals surface area contributed by atoms with Crippen LogP contribution in [0.3, 0.4) is 0 Å². The number of fused-ring (bicyclic) bond motifs is 1. The summed E-state index contributed by atoms with van der Waals surface area (Å²) in [4.78, 5) is 45.7. The molecule has 1 aliphatic heterocycles. The lowest BCUT2D eigenvalue weighted by Crippen LogP contribution is -2.45. The summed E-state index contributed by atoms with van der Waals surface area (Å²) in [5, 5.41) is 2.81. The van der Waals surface area contributed by atoms with Crippen LogP contribution in [0.1, 0.15) is 43.1 Å². The Balaban J connectivity index is 1.39. The molecule has 1 amide bonds. The number of anilines is 2. The van der Waals surface area contributed by atoms with Gasteiger partial charge in [0.1, 0.15) is 11.5 Å². The molecule has 0 radical (unpaired) electrons. The quantitative estimate of drug-likeness (QED) is 0.628. The molecule has 2 N–H and O–H groups in total. The molecule has 1 saturated carbocycles. The number of carbonyl (C=O) groups excluding carboxylic acids is 1. The van der Waals surface area contributed by atoms with Gasteiger partial charge in [0.2, 0.25) is 0 Å². The van der Waals surface area contributed by atoms with Crippen LogP contribution in [-0.4, -0.2) is 45.7 Å². The maximum Gasteiger partial charge on any atom is 0.330 e. The second-order valence-corrected chi connectivity index (χ2v) is 8.74. The van der Waals surface area contributed by atoms with Crippen molar-refractivity contribution >= 4 is 28.3 Å². The van der Waals surface area contributed by atoms with Crippen LogP contribution in [0.2, 0.25) is 0 Å². The van der Waals surface area contributed by atoms with E-state index in [9.17, 15) is 18.8 Å². The summed E-state index contributed by atoms with van der Waals surface area (Å²) >= 11 is 0. The van der Waals surface area contributed by atoms with E-state index in [2.05, 4.69) is 15.3 Å². The number of benzene rings is 1. The Hall–Kier alpha value is -3.53. The Labute approximate surface area is 188 Å². The van der Waals surface area contributed by atoms with E-state index < -0.39 is 23.0 Å². The maximum absolute atomic E-state index is 14.8. The lowest BCUT2D eigenvalue weighted by atomic mass is 10.1. The van der Waals surface area contributed by atoms with Crippen molar-refractivity contribution in [3.8, 4) is 0 Å². The van der Waals surface area contributed by atoms with E-state index in [4.69, 9.17) is 4.74 Å². The lowest BCUT2D eigenvalue weighted by Gasteiger charge is -2.37. The van der Waals surface area contributed by atoms with Gasteiger partial charge in [0.15, 0.2) is 0 Å². The second-order valence-electron chi connectivity index (χ2n) is 8.74. The third kappa shape index (κ3) is 4.13. The van der Waals surface area contributed by atoms with E-state index in [0.717, 1.165) is 12.8 Å². The summed E-state index contributed by atoms with van der Waals surface area (Å²) in [6.45, 7) is 5.05. The fourth-order valence-corrected chi connectivity index (χ4v) is 4.35. The summed E-state index contributed by atoms with van der Waals surface area (Å²) in [5.74, 6) is -0.982. The molecule has 10 heteroatoms. The summed E-state index contributed by atoms with van der Waals surface area (Å²) in [5.41, 5.74) is 0.0266. The summed E-state index contributed by atoms with van der Waals surface area (Å²) < 4.78 is 22.0. The minimum Gasteiger partial charge on any atom is -0.372 e. The predicted octanol–water partition coefficient (Wildman–Crippen LogP) is 2.42. The Kier molecular flexibility index (Phi) is 5.24. The van der Waals surface area contributed by atoms with Gasteiger partial charge in [-0.05, 0) is 51.0 Å². The van der Waals surface area contributed by atoms with Crippen molar-refractivity contribution < 1.29 is 13.9 Å². The third-order valence-electron chi connectivity index (χ3n) is 5.92. The minimum absolute atomic E-state index is 0.00706. The van der Waals surface area contributed by atoms with Gasteiger partial charge in [-0.1, -0.05) is 0 Å². The SMILES string of the molecule is CC1CN(c2ccc(NC(=O)c3cnc4c(c3)c(=O)[nH]c(=O)n4C3CC3)cc2F)CC(C)O1. The van der Waals surface area contributed by atoms with E-state index in [1.807, 2.05) is 18.7 Å².